The second kappa shape index (κ2) is 12.6. The van der Waals surface area contributed by atoms with Gasteiger partial charge in [-0.05, 0) is 31.2 Å². The first-order valence-corrected chi connectivity index (χ1v) is 11.4. The van der Waals surface area contributed by atoms with Crippen molar-refractivity contribution in [3.05, 3.63) is 35.9 Å². The minimum Gasteiger partial charge on any atom is -0.265 e. The summed E-state index contributed by atoms with van der Waals surface area (Å²) in [5, 5.41) is 19.8. The zero-order valence-corrected chi connectivity index (χ0v) is 17.7. The maximum absolute atomic E-state index is 10.1. The highest BCUT2D eigenvalue weighted by Crippen LogP contribution is 2.37. The van der Waals surface area contributed by atoms with Crippen molar-refractivity contribution in [1.82, 2.24) is 4.90 Å². The largest absolute Gasteiger partial charge is 0.265 e. The molecule has 2 unspecified atom stereocenters. The molecule has 1 heterocycles. The van der Waals surface area contributed by atoms with E-state index in [1.165, 1.54) is 56.9 Å². The predicted molar refractivity (Wildman–Crippen MR) is 115 cm³/mol. The Kier molecular flexibility index (Phi) is 10.1. The van der Waals surface area contributed by atoms with Gasteiger partial charge in [0.2, 0.25) is 0 Å². The molecule has 28 heavy (non-hydrogen) atoms. The van der Waals surface area contributed by atoms with Gasteiger partial charge in [0.15, 0.2) is 0 Å². The fourth-order valence-electron chi connectivity index (χ4n) is 4.53. The number of benzene rings is 1. The van der Waals surface area contributed by atoms with Crippen LogP contribution in [0.4, 0.5) is 0 Å². The van der Waals surface area contributed by atoms with Crippen LogP contribution in [-0.2, 0) is 6.54 Å². The normalized spacial score (nSPS) is 22.5. The second-order valence-corrected chi connectivity index (χ2v) is 8.37. The number of piperidine rings is 1. The summed E-state index contributed by atoms with van der Waals surface area (Å²) in [7, 11) is 0. The fourth-order valence-corrected chi connectivity index (χ4v) is 4.53. The number of nitriles is 2. The lowest BCUT2D eigenvalue weighted by molar-refractivity contribution is 0.0445. The topological polar surface area (TPSA) is 50.8 Å². The van der Waals surface area contributed by atoms with Crippen LogP contribution in [0.3, 0.4) is 0 Å². The molecule has 2 atom stereocenters. The van der Waals surface area contributed by atoms with Crippen molar-refractivity contribution in [3.63, 3.8) is 0 Å². The summed E-state index contributed by atoms with van der Waals surface area (Å²) in [6.07, 6.45) is 15.3. The first-order chi connectivity index (χ1) is 13.8. The Hall–Kier alpha value is -1.84. The Morgan fingerprint density at radius 1 is 0.964 bits per heavy atom. The van der Waals surface area contributed by atoms with Crippen LogP contribution in [0.2, 0.25) is 0 Å². The summed E-state index contributed by atoms with van der Waals surface area (Å²) >= 11 is 0. The number of rotatable bonds is 12. The van der Waals surface area contributed by atoms with Crippen LogP contribution in [0.5, 0.6) is 0 Å². The summed E-state index contributed by atoms with van der Waals surface area (Å²) < 4.78 is 0. The summed E-state index contributed by atoms with van der Waals surface area (Å²) in [6, 6.07) is 15.3. The predicted octanol–water partition coefficient (Wildman–Crippen LogP) is 6.75. The van der Waals surface area contributed by atoms with Crippen molar-refractivity contribution in [2.75, 3.05) is 0 Å². The monoisotopic (exact) mass is 379 g/mol. The van der Waals surface area contributed by atoms with Gasteiger partial charge in [0.05, 0.1) is 18.2 Å². The Morgan fingerprint density at radius 3 is 2.21 bits per heavy atom. The van der Waals surface area contributed by atoms with Gasteiger partial charge < -0.3 is 0 Å². The molecule has 0 spiro atoms. The van der Waals surface area contributed by atoms with Crippen LogP contribution in [0.25, 0.3) is 0 Å². The molecule has 3 heteroatoms. The molecule has 1 fully saturated rings. The Morgan fingerprint density at radius 2 is 1.61 bits per heavy atom. The molecule has 0 saturated carbocycles. The fraction of sp³-hybridized carbons (Fsp3) is 0.680. The maximum atomic E-state index is 10.1. The number of likely N-dealkylation sites (tertiary alicyclic amines) is 1. The summed E-state index contributed by atoms with van der Waals surface area (Å²) in [4.78, 5) is 2.20. The molecule has 0 amide bonds. The maximum Gasteiger partial charge on any atom is 0.110 e. The first kappa shape index (κ1) is 22.4. The third kappa shape index (κ3) is 6.65. The molecule has 2 rings (SSSR count). The lowest BCUT2D eigenvalue weighted by atomic mass is 9.80. The van der Waals surface area contributed by atoms with E-state index >= 15 is 0 Å². The van der Waals surface area contributed by atoms with Crippen molar-refractivity contribution >= 4 is 0 Å². The summed E-state index contributed by atoms with van der Waals surface area (Å²) in [6.45, 7) is 2.96. The van der Waals surface area contributed by atoms with Gasteiger partial charge in [0.25, 0.3) is 0 Å². The minimum absolute atomic E-state index is 0.146. The molecule has 0 bridgehead atoms. The van der Waals surface area contributed by atoms with E-state index in [1.54, 1.807) is 0 Å². The van der Waals surface area contributed by atoms with Crippen molar-refractivity contribution in [3.8, 4) is 12.1 Å². The zero-order valence-electron chi connectivity index (χ0n) is 17.7. The van der Waals surface area contributed by atoms with E-state index in [4.69, 9.17) is 0 Å². The minimum atomic E-state index is -0.477. The molecule has 3 nitrogen and oxygen atoms in total. The molecule has 0 N–H and O–H groups in total. The molecular formula is C25H37N3. The Labute approximate surface area is 172 Å². The van der Waals surface area contributed by atoms with E-state index in [0.717, 1.165) is 32.1 Å². The molecule has 1 saturated heterocycles. The summed E-state index contributed by atoms with van der Waals surface area (Å²) in [5.74, 6) is 0. The van der Waals surface area contributed by atoms with Crippen LogP contribution >= 0.6 is 0 Å². The van der Waals surface area contributed by atoms with Gasteiger partial charge in [0.1, 0.15) is 5.54 Å². The van der Waals surface area contributed by atoms with Crippen LogP contribution in [0, 0.1) is 22.7 Å². The van der Waals surface area contributed by atoms with Gasteiger partial charge >= 0.3 is 0 Å². The molecule has 1 aromatic carbocycles. The third-order valence-electron chi connectivity index (χ3n) is 6.24. The van der Waals surface area contributed by atoms with Crippen molar-refractivity contribution in [2.24, 2.45) is 0 Å². The quantitative estimate of drug-likeness (QED) is 0.377. The Balaban J connectivity index is 1.88. The average molecular weight is 380 g/mol. The van der Waals surface area contributed by atoms with Gasteiger partial charge in [-0.2, -0.15) is 10.5 Å². The molecule has 1 aliphatic rings. The molecule has 0 radical (unpaired) electrons. The van der Waals surface area contributed by atoms with Gasteiger partial charge in [0, 0.05) is 6.54 Å². The first-order valence-electron chi connectivity index (χ1n) is 11.4. The zero-order chi connectivity index (χ0) is 20.1. The van der Waals surface area contributed by atoms with E-state index in [-0.39, 0.29) is 6.04 Å². The van der Waals surface area contributed by atoms with E-state index < -0.39 is 5.54 Å². The van der Waals surface area contributed by atoms with E-state index in [0.29, 0.717) is 6.54 Å². The van der Waals surface area contributed by atoms with E-state index in [1.807, 2.05) is 18.2 Å². The van der Waals surface area contributed by atoms with Crippen LogP contribution in [0.1, 0.15) is 96.0 Å². The van der Waals surface area contributed by atoms with Crippen LogP contribution in [-0.4, -0.2) is 16.5 Å². The van der Waals surface area contributed by atoms with Crippen LogP contribution in [0.15, 0.2) is 30.3 Å². The molecule has 0 aromatic heterocycles. The highest BCUT2D eigenvalue weighted by Gasteiger charge is 2.43. The number of hydrogen-bond acceptors (Lipinski definition) is 3. The van der Waals surface area contributed by atoms with Gasteiger partial charge in [-0.15, -0.1) is 0 Å². The van der Waals surface area contributed by atoms with Crippen molar-refractivity contribution in [1.29, 1.82) is 10.5 Å². The lowest BCUT2D eigenvalue weighted by Gasteiger charge is -2.45. The van der Waals surface area contributed by atoms with E-state index in [9.17, 15) is 10.5 Å². The van der Waals surface area contributed by atoms with Gasteiger partial charge in [-0.3, -0.25) is 4.90 Å². The SMILES string of the molecule is CCCCCCCCCCCC1(C#N)CCCC(C#N)N1Cc1ccccc1. The average Bonchev–Trinajstić information content (AvgIpc) is 2.74. The molecule has 0 aliphatic carbocycles. The van der Waals surface area contributed by atoms with Crippen molar-refractivity contribution in [2.45, 2.75) is 109 Å². The standard InChI is InChI=1S/C25H37N3/c1-2-3-4-5-6-7-8-9-13-18-25(22-27)19-14-17-24(20-26)28(25)21-23-15-11-10-12-16-23/h10-12,15-16,24H,2-9,13-14,17-19,21H2,1H3. The third-order valence-corrected chi connectivity index (χ3v) is 6.24. The molecule has 1 aromatic rings. The molecular weight excluding hydrogens is 342 g/mol. The summed E-state index contributed by atoms with van der Waals surface area (Å²) in [5.41, 5.74) is 0.714. The Bertz CT molecular complexity index is 627. The van der Waals surface area contributed by atoms with Crippen molar-refractivity contribution < 1.29 is 0 Å². The lowest BCUT2D eigenvalue weighted by Crippen LogP contribution is -2.54. The number of unbranched alkanes of at least 4 members (excludes halogenated alkanes) is 8. The number of nitrogens with zero attached hydrogens (tertiary/aromatic N) is 3. The van der Waals surface area contributed by atoms with Gasteiger partial charge in [-0.25, -0.2) is 0 Å². The highest BCUT2D eigenvalue weighted by atomic mass is 15.2. The molecule has 1 aliphatic heterocycles. The van der Waals surface area contributed by atoms with E-state index in [2.05, 4.69) is 36.1 Å². The van der Waals surface area contributed by atoms with Gasteiger partial charge in [-0.1, -0.05) is 95.0 Å². The van der Waals surface area contributed by atoms with Crippen LogP contribution < -0.4 is 0 Å². The smallest absolute Gasteiger partial charge is 0.110 e. The molecule has 152 valence electrons. The second-order valence-electron chi connectivity index (χ2n) is 8.37. The highest BCUT2D eigenvalue weighted by molar-refractivity contribution is 5.20. The number of hydrogen-bond donors (Lipinski definition) is 0.